The summed E-state index contributed by atoms with van der Waals surface area (Å²) in [5.74, 6) is 1.58. The molecule has 0 aliphatic rings. The van der Waals surface area contributed by atoms with Gasteiger partial charge in [-0.1, -0.05) is 12.1 Å². The molecule has 3 rings (SSSR count). The number of carbonyl (C=O) groups excluding carboxylic acids is 1. The van der Waals surface area contributed by atoms with E-state index in [2.05, 4.69) is 11.4 Å². The Morgan fingerprint density at radius 2 is 2.00 bits per heavy atom. The van der Waals surface area contributed by atoms with Crippen molar-refractivity contribution in [2.24, 2.45) is 0 Å². The van der Waals surface area contributed by atoms with Gasteiger partial charge >= 0.3 is 0 Å². The van der Waals surface area contributed by atoms with E-state index in [1.807, 2.05) is 19.1 Å². The molecule has 1 heterocycles. The number of nitrogens with zero attached hydrogens (tertiary/aromatic N) is 1. The third-order valence-electron chi connectivity index (χ3n) is 3.96. The minimum atomic E-state index is -0.188. The van der Waals surface area contributed by atoms with Crippen LogP contribution in [0.1, 0.15) is 34.2 Å². The first-order valence-electron chi connectivity index (χ1n) is 8.89. The summed E-state index contributed by atoms with van der Waals surface area (Å²) in [4.78, 5) is 12.3. The first-order chi connectivity index (χ1) is 13.7. The molecule has 0 saturated carbocycles. The normalized spacial score (nSPS) is 10.1. The molecule has 6 nitrogen and oxygen atoms in total. The number of hydrogen-bond acceptors (Lipinski definition) is 5. The van der Waals surface area contributed by atoms with Gasteiger partial charge in [-0.05, 0) is 48.9 Å². The summed E-state index contributed by atoms with van der Waals surface area (Å²) in [6.45, 7) is 2.94. The van der Waals surface area contributed by atoms with E-state index in [1.54, 1.807) is 48.7 Å². The summed E-state index contributed by atoms with van der Waals surface area (Å²) in [7, 11) is 0. The van der Waals surface area contributed by atoms with Crippen LogP contribution in [0.25, 0.3) is 0 Å². The first kappa shape index (κ1) is 19.1. The van der Waals surface area contributed by atoms with Gasteiger partial charge in [0.1, 0.15) is 12.4 Å². The number of rotatable bonds is 8. The molecule has 0 atom stereocenters. The van der Waals surface area contributed by atoms with Crippen LogP contribution >= 0.6 is 0 Å². The van der Waals surface area contributed by atoms with Crippen molar-refractivity contribution in [1.82, 2.24) is 5.32 Å². The molecule has 1 N–H and O–H groups in total. The summed E-state index contributed by atoms with van der Waals surface area (Å²) < 4.78 is 16.6. The fourth-order valence-electron chi connectivity index (χ4n) is 2.61. The van der Waals surface area contributed by atoms with Gasteiger partial charge in [0.25, 0.3) is 5.91 Å². The second-order valence-electron chi connectivity index (χ2n) is 5.96. The monoisotopic (exact) mass is 376 g/mol. The number of ether oxygens (including phenoxy) is 2. The van der Waals surface area contributed by atoms with Gasteiger partial charge in [0.2, 0.25) is 0 Å². The third kappa shape index (κ3) is 4.92. The molecule has 1 aromatic heterocycles. The highest BCUT2D eigenvalue weighted by atomic mass is 16.5. The van der Waals surface area contributed by atoms with Gasteiger partial charge in [-0.2, -0.15) is 5.26 Å². The van der Waals surface area contributed by atoms with Crippen molar-refractivity contribution >= 4 is 5.91 Å². The Labute approximate surface area is 163 Å². The minimum absolute atomic E-state index is 0.188. The van der Waals surface area contributed by atoms with Crippen molar-refractivity contribution in [3.05, 3.63) is 83.3 Å². The highest BCUT2D eigenvalue weighted by Crippen LogP contribution is 2.29. The van der Waals surface area contributed by atoms with Crippen LogP contribution in [0.2, 0.25) is 0 Å². The second kappa shape index (κ2) is 9.28. The van der Waals surface area contributed by atoms with Gasteiger partial charge in [0.15, 0.2) is 11.5 Å². The largest absolute Gasteiger partial charge is 0.490 e. The van der Waals surface area contributed by atoms with Gasteiger partial charge in [-0.25, -0.2) is 0 Å². The molecule has 2 aromatic carbocycles. The maximum absolute atomic E-state index is 12.3. The van der Waals surface area contributed by atoms with Crippen LogP contribution < -0.4 is 14.8 Å². The Morgan fingerprint density at radius 3 is 2.75 bits per heavy atom. The van der Waals surface area contributed by atoms with Crippen LogP contribution in [0.4, 0.5) is 0 Å². The van der Waals surface area contributed by atoms with Gasteiger partial charge < -0.3 is 19.2 Å². The molecule has 28 heavy (non-hydrogen) atoms. The van der Waals surface area contributed by atoms with Gasteiger partial charge in [-0.15, -0.1) is 0 Å². The molecular weight excluding hydrogens is 356 g/mol. The Bertz CT molecular complexity index is 974. The summed E-state index contributed by atoms with van der Waals surface area (Å²) in [6.07, 6.45) is 1.57. The summed E-state index contributed by atoms with van der Waals surface area (Å²) >= 11 is 0. The zero-order valence-corrected chi connectivity index (χ0v) is 15.5. The average Bonchev–Trinajstić information content (AvgIpc) is 3.25. The number of nitriles is 1. The van der Waals surface area contributed by atoms with E-state index in [0.29, 0.717) is 41.5 Å². The molecular formula is C22H20N2O4. The maximum Gasteiger partial charge on any atom is 0.251 e. The first-order valence-corrected chi connectivity index (χ1v) is 8.89. The molecule has 0 spiro atoms. The fraction of sp³-hybridized carbons (Fsp3) is 0.182. The van der Waals surface area contributed by atoms with E-state index < -0.39 is 0 Å². The summed E-state index contributed by atoms with van der Waals surface area (Å²) in [5, 5.41) is 11.8. The summed E-state index contributed by atoms with van der Waals surface area (Å²) in [5.41, 5.74) is 1.89. The molecule has 3 aromatic rings. The van der Waals surface area contributed by atoms with Crippen LogP contribution in [-0.4, -0.2) is 12.5 Å². The number of furan rings is 1. The number of benzene rings is 2. The molecule has 0 bridgehead atoms. The Hall–Kier alpha value is -3.72. The maximum atomic E-state index is 12.3. The number of carbonyl (C=O) groups is 1. The Balaban J connectivity index is 1.65. The molecule has 0 fully saturated rings. The van der Waals surface area contributed by atoms with Gasteiger partial charge in [-0.3, -0.25) is 4.79 Å². The highest BCUT2D eigenvalue weighted by Gasteiger charge is 2.10. The molecule has 0 aliphatic heterocycles. The SMILES string of the molecule is CCOc1cc(C#N)ccc1OCc1cccc(C(=O)NCc2ccco2)c1. The van der Waals surface area contributed by atoms with E-state index in [4.69, 9.17) is 19.2 Å². The minimum Gasteiger partial charge on any atom is -0.490 e. The average molecular weight is 376 g/mol. The van der Waals surface area contributed by atoms with E-state index in [-0.39, 0.29) is 12.5 Å². The van der Waals surface area contributed by atoms with Crippen molar-refractivity contribution in [2.45, 2.75) is 20.1 Å². The van der Waals surface area contributed by atoms with Gasteiger partial charge in [0, 0.05) is 11.6 Å². The molecule has 0 aliphatic carbocycles. The van der Waals surface area contributed by atoms with Crippen molar-refractivity contribution < 1.29 is 18.7 Å². The van der Waals surface area contributed by atoms with Crippen LogP contribution in [-0.2, 0) is 13.2 Å². The van der Waals surface area contributed by atoms with Crippen LogP contribution in [0.5, 0.6) is 11.5 Å². The van der Waals surface area contributed by atoms with E-state index in [0.717, 1.165) is 5.56 Å². The molecule has 0 unspecified atom stereocenters. The van der Waals surface area contributed by atoms with Crippen LogP contribution in [0.15, 0.2) is 65.3 Å². The summed E-state index contributed by atoms with van der Waals surface area (Å²) in [6, 6.07) is 17.9. The second-order valence-corrected chi connectivity index (χ2v) is 5.96. The standard InChI is InChI=1S/C22H20N2O4/c1-2-26-21-12-16(13-23)8-9-20(21)28-15-17-5-3-6-18(11-17)22(25)24-14-19-7-4-10-27-19/h3-12H,2,14-15H2,1H3,(H,24,25). The van der Waals surface area contributed by atoms with Crippen molar-refractivity contribution in [3.8, 4) is 17.6 Å². The smallest absolute Gasteiger partial charge is 0.251 e. The third-order valence-corrected chi connectivity index (χ3v) is 3.96. The van der Waals surface area contributed by atoms with Crippen LogP contribution in [0, 0.1) is 11.3 Å². The van der Waals surface area contributed by atoms with E-state index in [9.17, 15) is 4.79 Å². The number of amides is 1. The van der Waals surface area contributed by atoms with E-state index >= 15 is 0 Å². The van der Waals surface area contributed by atoms with Gasteiger partial charge in [0.05, 0.1) is 31.0 Å². The van der Waals surface area contributed by atoms with Crippen molar-refractivity contribution in [3.63, 3.8) is 0 Å². The number of nitrogens with one attached hydrogen (secondary N) is 1. The Morgan fingerprint density at radius 1 is 1.11 bits per heavy atom. The topological polar surface area (TPSA) is 84.5 Å². The predicted octanol–water partition coefficient (Wildman–Crippen LogP) is 4.06. The molecule has 6 heteroatoms. The lowest BCUT2D eigenvalue weighted by molar-refractivity contribution is 0.0948. The lowest BCUT2D eigenvalue weighted by Gasteiger charge is -2.12. The fourth-order valence-corrected chi connectivity index (χ4v) is 2.61. The molecule has 142 valence electrons. The highest BCUT2D eigenvalue weighted by molar-refractivity contribution is 5.94. The Kier molecular flexibility index (Phi) is 6.32. The lowest BCUT2D eigenvalue weighted by Crippen LogP contribution is -2.22. The molecule has 0 saturated heterocycles. The molecule has 1 amide bonds. The quantitative estimate of drug-likeness (QED) is 0.641. The lowest BCUT2D eigenvalue weighted by atomic mass is 10.1. The zero-order chi connectivity index (χ0) is 19.8. The van der Waals surface area contributed by atoms with E-state index in [1.165, 1.54) is 0 Å². The van der Waals surface area contributed by atoms with Crippen LogP contribution in [0.3, 0.4) is 0 Å². The molecule has 0 radical (unpaired) electrons. The number of hydrogen-bond donors (Lipinski definition) is 1. The zero-order valence-electron chi connectivity index (χ0n) is 15.5. The van der Waals surface area contributed by atoms with Crippen molar-refractivity contribution in [2.75, 3.05) is 6.61 Å². The predicted molar refractivity (Wildman–Crippen MR) is 103 cm³/mol. The van der Waals surface area contributed by atoms with Crippen molar-refractivity contribution in [1.29, 1.82) is 5.26 Å².